The predicted octanol–water partition coefficient (Wildman–Crippen LogP) is 1.13. The van der Waals surface area contributed by atoms with Crippen LogP contribution in [0.25, 0.3) is 0 Å². The molecule has 1 aliphatic rings. The Bertz CT molecular complexity index is 443. The Morgan fingerprint density at radius 1 is 1.41 bits per heavy atom. The van der Waals surface area contributed by atoms with Gasteiger partial charge in [-0.3, -0.25) is 9.59 Å². The van der Waals surface area contributed by atoms with E-state index < -0.39 is 0 Å². The zero-order valence-corrected chi connectivity index (χ0v) is 9.90. The van der Waals surface area contributed by atoms with Crippen LogP contribution in [-0.2, 0) is 4.79 Å². The lowest BCUT2D eigenvalue weighted by atomic mass is 10.1. The fraction of sp³-hybridized carbons (Fsp3) is 0.385. The maximum atomic E-state index is 11.5. The number of hydrogen-bond donors (Lipinski definition) is 1. The van der Waals surface area contributed by atoms with Gasteiger partial charge < -0.3 is 10.2 Å². The number of carbonyl (C=O) groups is 2. The van der Waals surface area contributed by atoms with Gasteiger partial charge in [-0.25, -0.2) is 0 Å². The first-order valence-corrected chi connectivity index (χ1v) is 5.78. The lowest BCUT2D eigenvalue weighted by Crippen LogP contribution is -2.33. The van der Waals surface area contributed by atoms with Crippen molar-refractivity contribution in [2.75, 3.05) is 24.5 Å². The molecular weight excluding hydrogens is 216 g/mol. The van der Waals surface area contributed by atoms with Crippen molar-refractivity contribution in [2.24, 2.45) is 0 Å². The second-order valence-corrected chi connectivity index (χ2v) is 4.31. The van der Waals surface area contributed by atoms with E-state index in [9.17, 15) is 9.59 Å². The lowest BCUT2D eigenvalue weighted by molar-refractivity contribution is -0.119. The molecule has 4 nitrogen and oxygen atoms in total. The summed E-state index contributed by atoms with van der Waals surface area (Å²) in [5.74, 6) is 0.0138. The standard InChI is InChI=1S/C13H16N2O2/c1-10-3-4-12(11(7-10)9-16)15-6-2-5-14-13(17)8-15/h3-4,7,9H,2,5-6,8H2,1H3,(H,14,17). The first-order valence-electron chi connectivity index (χ1n) is 5.78. The van der Waals surface area contributed by atoms with E-state index in [1.165, 1.54) is 0 Å². The summed E-state index contributed by atoms with van der Waals surface area (Å²) in [5.41, 5.74) is 2.55. The van der Waals surface area contributed by atoms with Crippen molar-refractivity contribution >= 4 is 17.9 Å². The van der Waals surface area contributed by atoms with Crippen LogP contribution in [0.15, 0.2) is 18.2 Å². The van der Waals surface area contributed by atoms with E-state index in [1.807, 2.05) is 30.0 Å². The Labute approximate surface area is 101 Å². The monoisotopic (exact) mass is 232 g/mol. The number of anilines is 1. The average Bonchev–Trinajstić information content (AvgIpc) is 2.53. The van der Waals surface area contributed by atoms with E-state index in [-0.39, 0.29) is 5.91 Å². The topological polar surface area (TPSA) is 49.4 Å². The molecule has 0 spiro atoms. The van der Waals surface area contributed by atoms with Gasteiger partial charge in [0.1, 0.15) is 0 Å². The molecule has 4 heteroatoms. The maximum Gasteiger partial charge on any atom is 0.239 e. The summed E-state index contributed by atoms with van der Waals surface area (Å²) in [5, 5.41) is 2.82. The van der Waals surface area contributed by atoms with E-state index in [2.05, 4.69) is 5.32 Å². The predicted molar refractivity (Wildman–Crippen MR) is 66.4 cm³/mol. The zero-order chi connectivity index (χ0) is 12.3. The van der Waals surface area contributed by atoms with E-state index in [4.69, 9.17) is 0 Å². The first kappa shape index (κ1) is 11.6. The molecule has 0 aliphatic carbocycles. The third kappa shape index (κ3) is 2.64. The molecule has 0 saturated carbocycles. The minimum Gasteiger partial charge on any atom is -0.362 e. The van der Waals surface area contributed by atoms with Gasteiger partial charge in [-0.1, -0.05) is 11.6 Å². The van der Waals surface area contributed by atoms with Crippen LogP contribution in [-0.4, -0.2) is 31.8 Å². The lowest BCUT2D eigenvalue weighted by Gasteiger charge is -2.23. The van der Waals surface area contributed by atoms with E-state index in [0.29, 0.717) is 18.7 Å². The molecule has 1 aliphatic heterocycles. The Balaban J connectivity index is 2.31. The number of hydrogen-bond acceptors (Lipinski definition) is 3. The largest absolute Gasteiger partial charge is 0.362 e. The van der Waals surface area contributed by atoms with Gasteiger partial charge in [-0.15, -0.1) is 0 Å². The highest BCUT2D eigenvalue weighted by molar-refractivity contribution is 5.88. The molecule has 1 amide bonds. The van der Waals surface area contributed by atoms with Crippen molar-refractivity contribution in [1.82, 2.24) is 5.32 Å². The number of carbonyl (C=O) groups excluding carboxylic acids is 2. The van der Waals surface area contributed by atoms with Crippen LogP contribution in [0.2, 0.25) is 0 Å². The summed E-state index contributed by atoms with van der Waals surface area (Å²) < 4.78 is 0. The number of aldehydes is 1. The van der Waals surface area contributed by atoms with Crippen molar-refractivity contribution in [3.8, 4) is 0 Å². The van der Waals surface area contributed by atoms with E-state index in [0.717, 1.165) is 30.5 Å². The van der Waals surface area contributed by atoms with Gasteiger partial charge in [0.05, 0.1) is 6.54 Å². The molecule has 1 fully saturated rings. The number of nitrogens with one attached hydrogen (secondary N) is 1. The first-order chi connectivity index (χ1) is 8.20. The number of benzene rings is 1. The van der Waals surface area contributed by atoms with Crippen molar-refractivity contribution in [3.63, 3.8) is 0 Å². The SMILES string of the molecule is Cc1ccc(N2CCCNC(=O)C2)c(C=O)c1. The van der Waals surface area contributed by atoms with Crippen LogP contribution in [0.5, 0.6) is 0 Å². The molecule has 1 aromatic carbocycles. The molecule has 0 atom stereocenters. The molecule has 1 N–H and O–H groups in total. The average molecular weight is 232 g/mol. The summed E-state index contributed by atoms with van der Waals surface area (Å²) in [6.07, 6.45) is 1.75. The van der Waals surface area contributed by atoms with Gasteiger partial charge in [0.15, 0.2) is 6.29 Å². The highest BCUT2D eigenvalue weighted by Gasteiger charge is 2.17. The second kappa shape index (κ2) is 4.99. The Morgan fingerprint density at radius 2 is 2.24 bits per heavy atom. The normalized spacial score (nSPS) is 16.3. The maximum absolute atomic E-state index is 11.5. The van der Waals surface area contributed by atoms with Crippen molar-refractivity contribution in [1.29, 1.82) is 0 Å². The van der Waals surface area contributed by atoms with Gasteiger partial charge >= 0.3 is 0 Å². The molecule has 0 aromatic heterocycles. The van der Waals surface area contributed by atoms with Crippen molar-refractivity contribution in [3.05, 3.63) is 29.3 Å². The summed E-state index contributed by atoms with van der Waals surface area (Å²) >= 11 is 0. The Hall–Kier alpha value is -1.84. The van der Waals surface area contributed by atoms with Crippen molar-refractivity contribution < 1.29 is 9.59 Å². The number of nitrogens with zero attached hydrogens (tertiary/aromatic N) is 1. The van der Waals surface area contributed by atoms with Gasteiger partial charge in [0.2, 0.25) is 5.91 Å². The third-order valence-electron chi connectivity index (χ3n) is 2.91. The fourth-order valence-electron chi connectivity index (χ4n) is 2.07. The van der Waals surface area contributed by atoms with Gasteiger partial charge in [-0.2, -0.15) is 0 Å². The minimum absolute atomic E-state index is 0.0138. The van der Waals surface area contributed by atoms with Crippen LogP contribution in [0.3, 0.4) is 0 Å². The van der Waals surface area contributed by atoms with Gasteiger partial charge in [0.25, 0.3) is 0 Å². The smallest absolute Gasteiger partial charge is 0.239 e. The number of amides is 1. The van der Waals surface area contributed by atoms with Gasteiger partial charge in [-0.05, 0) is 25.5 Å². The van der Waals surface area contributed by atoms with Crippen LogP contribution in [0.4, 0.5) is 5.69 Å². The van der Waals surface area contributed by atoms with Crippen LogP contribution in [0.1, 0.15) is 22.3 Å². The number of aryl methyl sites for hydroxylation is 1. The fourth-order valence-corrected chi connectivity index (χ4v) is 2.07. The molecule has 0 radical (unpaired) electrons. The molecule has 90 valence electrons. The zero-order valence-electron chi connectivity index (χ0n) is 9.90. The molecule has 0 unspecified atom stereocenters. The highest BCUT2D eigenvalue weighted by Crippen LogP contribution is 2.21. The van der Waals surface area contributed by atoms with E-state index >= 15 is 0 Å². The van der Waals surface area contributed by atoms with Crippen LogP contribution >= 0.6 is 0 Å². The molecule has 1 heterocycles. The van der Waals surface area contributed by atoms with Crippen LogP contribution < -0.4 is 10.2 Å². The van der Waals surface area contributed by atoms with Crippen LogP contribution in [0, 0.1) is 6.92 Å². The summed E-state index contributed by atoms with van der Waals surface area (Å²) in [6, 6.07) is 5.73. The highest BCUT2D eigenvalue weighted by atomic mass is 16.2. The Kier molecular flexibility index (Phi) is 3.42. The second-order valence-electron chi connectivity index (χ2n) is 4.31. The molecule has 2 rings (SSSR count). The Morgan fingerprint density at radius 3 is 3.00 bits per heavy atom. The summed E-state index contributed by atoms with van der Waals surface area (Å²) in [4.78, 5) is 24.5. The summed E-state index contributed by atoms with van der Waals surface area (Å²) in [7, 11) is 0. The molecule has 1 saturated heterocycles. The van der Waals surface area contributed by atoms with Gasteiger partial charge in [0, 0.05) is 24.3 Å². The molecule has 1 aromatic rings. The van der Waals surface area contributed by atoms with E-state index in [1.54, 1.807) is 0 Å². The minimum atomic E-state index is 0.0138. The van der Waals surface area contributed by atoms with Crippen molar-refractivity contribution in [2.45, 2.75) is 13.3 Å². The summed E-state index contributed by atoms with van der Waals surface area (Å²) in [6.45, 7) is 3.77. The molecule has 0 bridgehead atoms. The third-order valence-corrected chi connectivity index (χ3v) is 2.91. The molecule has 17 heavy (non-hydrogen) atoms. The molecular formula is C13H16N2O2. The number of rotatable bonds is 2. The quantitative estimate of drug-likeness (QED) is 0.778.